The lowest BCUT2D eigenvalue weighted by Gasteiger charge is -2.04. The fourth-order valence-electron chi connectivity index (χ4n) is 1.79. The molecule has 5 nitrogen and oxygen atoms in total. The van der Waals surface area contributed by atoms with E-state index in [4.69, 9.17) is 4.74 Å². The molecule has 0 atom stereocenters. The van der Waals surface area contributed by atoms with Crippen molar-refractivity contribution in [3.63, 3.8) is 0 Å². The zero-order chi connectivity index (χ0) is 14.4. The van der Waals surface area contributed by atoms with E-state index in [9.17, 15) is 8.42 Å². The molecule has 1 fully saturated rings. The van der Waals surface area contributed by atoms with Crippen LogP contribution in [0.25, 0.3) is 0 Å². The van der Waals surface area contributed by atoms with Gasteiger partial charge in [0.25, 0.3) is 0 Å². The highest BCUT2D eigenvalue weighted by Gasteiger charge is 2.20. The van der Waals surface area contributed by atoms with Gasteiger partial charge in [0.05, 0.1) is 6.61 Å². The monoisotopic (exact) mass is 318 g/mol. The van der Waals surface area contributed by atoms with Crippen molar-refractivity contribution in [1.29, 1.82) is 0 Å². The van der Waals surface area contributed by atoms with Gasteiger partial charge in [-0.2, -0.15) is 0 Å². The summed E-state index contributed by atoms with van der Waals surface area (Å²) in [5, 5.41) is 3.43. The number of hydrogen-bond acceptors (Lipinski definition) is 5. The molecule has 0 aromatic carbocycles. The van der Waals surface area contributed by atoms with Crippen LogP contribution in [0.3, 0.4) is 0 Å². The van der Waals surface area contributed by atoms with Gasteiger partial charge in [-0.3, -0.25) is 0 Å². The third-order valence-electron chi connectivity index (χ3n) is 3.03. The maximum absolute atomic E-state index is 12.0. The van der Waals surface area contributed by atoms with E-state index >= 15 is 0 Å². The molecule has 1 saturated carbocycles. The van der Waals surface area contributed by atoms with Gasteiger partial charge in [-0.25, -0.2) is 13.1 Å². The summed E-state index contributed by atoms with van der Waals surface area (Å²) < 4.78 is 32.1. The second-order valence-electron chi connectivity index (χ2n) is 4.79. The van der Waals surface area contributed by atoms with Crippen LogP contribution < -0.4 is 10.0 Å². The summed E-state index contributed by atoms with van der Waals surface area (Å²) >= 11 is 1.34. The lowest BCUT2D eigenvalue weighted by molar-refractivity contribution is 0.153. The van der Waals surface area contributed by atoms with E-state index in [1.54, 1.807) is 6.07 Å². The number of nitrogens with one attached hydrogen (secondary N) is 2. The van der Waals surface area contributed by atoms with Gasteiger partial charge < -0.3 is 10.1 Å². The standard InChI is InChI=1S/C13H22N2O3S2/c1-2-18-10-9-15-20(16,17)13-6-5-12(19-13)7-8-14-11-3-4-11/h5-6,11,14-15H,2-4,7-10H2,1H3. The first-order valence-corrected chi connectivity index (χ1v) is 9.31. The van der Waals surface area contributed by atoms with Crippen LogP contribution in [0.2, 0.25) is 0 Å². The van der Waals surface area contributed by atoms with Crippen molar-refractivity contribution in [2.75, 3.05) is 26.3 Å². The third kappa shape index (κ3) is 5.14. The molecule has 1 aliphatic rings. The fourth-order valence-corrected chi connectivity index (χ4v) is 4.20. The topological polar surface area (TPSA) is 67.4 Å². The molecule has 7 heteroatoms. The Morgan fingerprint density at radius 3 is 2.85 bits per heavy atom. The average Bonchev–Trinajstić information content (AvgIpc) is 3.10. The average molecular weight is 318 g/mol. The number of sulfonamides is 1. The lowest BCUT2D eigenvalue weighted by Crippen LogP contribution is -2.26. The minimum absolute atomic E-state index is 0.312. The normalized spacial score (nSPS) is 15.7. The molecular weight excluding hydrogens is 296 g/mol. The zero-order valence-corrected chi connectivity index (χ0v) is 13.4. The lowest BCUT2D eigenvalue weighted by atomic mass is 10.3. The molecule has 0 spiro atoms. The first-order chi connectivity index (χ1) is 9.62. The molecule has 2 N–H and O–H groups in total. The first kappa shape index (κ1) is 15.9. The molecule has 1 aromatic heterocycles. The summed E-state index contributed by atoms with van der Waals surface area (Å²) in [6.07, 6.45) is 3.43. The van der Waals surface area contributed by atoms with Crippen molar-refractivity contribution in [3.8, 4) is 0 Å². The quantitative estimate of drug-likeness (QED) is 0.639. The molecule has 1 heterocycles. The van der Waals surface area contributed by atoms with E-state index in [1.807, 2.05) is 13.0 Å². The van der Waals surface area contributed by atoms with Crippen molar-refractivity contribution in [3.05, 3.63) is 17.0 Å². The highest BCUT2D eigenvalue weighted by atomic mass is 32.2. The molecule has 1 aromatic rings. The van der Waals surface area contributed by atoms with Gasteiger partial charge in [0.15, 0.2) is 0 Å². The van der Waals surface area contributed by atoms with Crippen molar-refractivity contribution < 1.29 is 13.2 Å². The SMILES string of the molecule is CCOCCNS(=O)(=O)c1ccc(CCNC2CC2)s1. The van der Waals surface area contributed by atoms with Gasteiger partial charge in [-0.15, -0.1) is 11.3 Å². The van der Waals surface area contributed by atoms with Crippen LogP contribution >= 0.6 is 11.3 Å². The van der Waals surface area contributed by atoms with Crippen LogP contribution in [0, 0.1) is 0 Å². The highest BCUT2D eigenvalue weighted by Crippen LogP contribution is 2.22. The van der Waals surface area contributed by atoms with Crippen LogP contribution in [0.1, 0.15) is 24.6 Å². The maximum Gasteiger partial charge on any atom is 0.250 e. The Kier molecular flexibility index (Phi) is 5.98. The van der Waals surface area contributed by atoms with E-state index in [0.717, 1.165) is 17.8 Å². The van der Waals surface area contributed by atoms with E-state index in [0.29, 0.717) is 30.0 Å². The smallest absolute Gasteiger partial charge is 0.250 e. The van der Waals surface area contributed by atoms with Crippen LogP contribution in [0.5, 0.6) is 0 Å². The molecule has 0 radical (unpaired) electrons. The zero-order valence-electron chi connectivity index (χ0n) is 11.7. The van der Waals surface area contributed by atoms with Gasteiger partial charge in [-0.1, -0.05) is 0 Å². The molecule has 0 amide bonds. The largest absolute Gasteiger partial charge is 0.380 e. The van der Waals surface area contributed by atoms with Gasteiger partial charge in [0.2, 0.25) is 10.0 Å². The van der Waals surface area contributed by atoms with Crippen LogP contribution in [-0.4, -0.2) is 40.8 Å². The molecule has 1 aliphatic carbocycles. The summed E-state index contributed by atoms with van der Waals surface area (Å²) in [7, 11) is -3.38. The van der Waals surface area contributed by atoms with Crippen LogP contribution in [-0.2, 0) is 21.2 Å². The molecule has 0 bridgehead atoms. The second-order valence-corrected chi connectivity index (χ2v) is 7.96. The Hall–Kier alpha value is -0.470. The number of ether oxygens (including phenoxy) is 1. The Balaban J connectivity index is 1.79. The first-order valence-electron chi connectivity index (χ1n) is 7.01. The van der Waals surface area contributed by atoms with Crippen molar-refractivity contribution in [2.24, 2.45) is 0 Å². The van der Waals surface area contributed by atoms with Crippen molar-refractivity contribution in [1.82, 2.24) is 10.0 Å². The molecule has 2 rings (SSSR count). The van der Waals surface area contributed by atoms with E-state index in [1.165, 1.54) is 24.2 Å². The van der Waals surface area contributed by atoms with Crippen LogP contribution in [0.15, 0.2) is 16.3 Å². The molecule has 114 valence electrons. The Bertz CT molecular complexity index is 509. The summed E-state index contributed by atoms with van der Waals surface area (Å²) in [5.74, 6) is 0. The summed E-state index contributed by atoms with van der Waals surface area (Å²) in [6, 6.07) is 4.27. The van der Waals surface area contributed by atoms with Gasteiger partial charge in [0, 0.05) is 30.6 Å². The number of thiophene rings is 1. The molecule has 0 saturated heterocycles. The predicted octanol–water partition coefficient (Wildman–Crippen LogP) is 1.36. The van der Waals surface area contributed by atoms with Crippen molar-refractivity contribution in [2.45, 2.75) is 36.4 Å². The summed E-state index contributed by atoms with van der Waals surface area (Å²) in [5.41, 5.74) is 0. The maximum atomic E-state index is 12.0. The Morgan fingerprint density at radius 1 is 1.35 bits per heavy atom. The number of rotatable bonds is 10. The molecular formula is C13H22N2O3S2. The number of hydrogen-bond donors (Lipinski definition) is 2. The highest BCUT2D eigenvalue weighted by molar-refractivity contribution is 7.91. The summed E-state index contributed by atoms with van der Waals surface area (Å²) in [4.78, 5) is 1.10. The molecule has 0 aliphatic heterocycles. The minimum atomic E-state index is -3.38. The fraction of sp³-hybridized carbons (Fsp3) is 0.692. The Labute approximate surface area is 124 Å². The van der Waals surface area contributed by atoms with E-state index in [2.05, 4.69) is 10.0 Å². The van der Waals surface area contributed by atoms with E-state index in [-0.39, 0.29) is 0 Å². The predicted molar refractivity (Wildman–Crippen MR) is 80.7 cm³/mol. The van der Waals surface area contributed by atoms with Gasteiger partial charge in [-0.05, 0) is 38.3 Å². The Morgan fingerprint density at radius 2 is 2.15 bits per heavy atom. The molecule has 0 unspecified atom stereocenters. The van der Waals surface area contributed by atoms with Crippen molar-refractivity contribution >= 4 is 21.4 Å². The molecule has 20 heavy (non-hydrogen) atoms. The van der Waals surface area contributed by atoms with E-state index < -0.39 is 10.0 Å². The third-order valence-corrected chi connectivity index (χ3v) is 6.12. The summed E-state index contributed by atoms with van der Waals surface area (Å²) in [6.45, 7) is 4.11. The minimum Gasteiger partial charge on any atom is -0.380 e. The second kappa shape index (κ2) is 7.51. The van der Waals surface area contributed by atoms with Crippen LogP contribution in [0.4, 0.5) is 0 Å². The van der Waals surface area contributed by atoms with Gasteiger partial charge >= 0.3 is 0 Å². The van der Waals surface area contributed by atoms with Gasteiger partial charge in [0.1, 0.15) is 4.21 Å².